The molecule has 3 nitrogen and oxygen atoms in total. The highest BCUT2D eigenvalue weighted by molar-refractivity contribution is 7.98. The normalized spacial score (nSPS) is 10.1. The Bertz CT molecular complexity index is 617. The van der Waals surface area contributed by atoms with E-state index < -0.39 is 0 Å². The standard InChI is InChI=1S/C16H15NO2S/c1-19-16-7-4-13(8-14(16)9-17)11-20-15-5-2-12(10-18)3-6-15/h2-8,18H,10-11H2,1H3. The summed E-state index contributed by atoms with van der Waals surface area (Å²) in [7, 11) is 1.56. The molecule has 0 radical (unpaired) electrons. The van der Waals surface area contributed by atoms with E-state index in [-0.39, 0.29) is 6.61 Å². The molecule has 2 aromatic carbocycles. The maximum atomic E-state index is 9.06. The van der Waals surface area contributed by atoms with Crippen LogP contribution in [0.3, 0.4) is 0 Å². The molecule has 0 amide bonds. The second kappa shape index (κ2) is 6.99. The Balaban J connectivity index is 2.05. The van der Waals surface area contributed by atoms with Gasteiger partial charge in [0.1, 0.15) is 11.8 Å². The van der Waals surface area contributed by atoms with Crippen molar-refractivity contribution < 1.29 is 9.84 Å². The van der Waals surface area contributed by atoms with Crippen molar-refractivity contribution in [3.05, 3.63) is 59.2 Å². The Kier molecular flexibility index (Phi) is 5.05. The minimum absolute atomic E-state index is 0.0644. The molecule has 0 aromatic heterocycles. The van der Waals surface area contributed by atoms with Gasteiger partial charge in [0.05, 0.1) is 19.3 Å². The molecule has 1 N–H and O–H groups in total. The average molecular weight is 285 g/mol. The minimum Gasteiger partial charge on any atom is -0.495 e. The van der Waals surface area contributed by atoms with Gasteiger partial charge >= 0.3 is 0 Å². The Morgan fingerprint density at radius 3 is 2.45 bits per heavy atom. The number of aliphatic hydroxyl groups excluding tert-OH is 1. The summed E-state index contributed by atoms with van der Waals surface area (Å²) in [6, 6.07) is 15.6. The van der Waals surface area contributed by atoms with Crippen LogP contribution in [-0.4, -0.2) is 12.2 Å². The van der Waals surface area contributed by atoms with Gasteiger partial charge in [-0.1, -0.05) is 18.2 Å². The molecule has 2 aromatic rings. The van der Waals surface area contributed by atoms with Gasteiger partial charge in [-0.25, -0.2) is 0 Å². The number of nitrogens with zero attached hydrogens (tertiary/aromatic N) is 1. The van der Waals surface area contributed by atoms with Crippen molar-refractivity contribution in [2.75, 3.05) is 7.11 Å². The molecule has 0 aliphatic carbocycles. The zero-order chi connectivity index (χ0) is 14.4. The van der Waals surface area contributed by atoms with E-state index >= 15 is 0 Å². The highest BCUT2D eigenvalue weighted by Crippen LogP contribution is 2.26. The summed E-state index contributed by atoms with van der Waals surface area (Å²) in [6.45, 7) is 0.0644. The fraction of sp³-hybridized carbons (Fsp3) is 0.188. The van der Waals surface area contributed by atoms with Crippen molar-refractivity contribution in [3.8, 4) is 11.8 Å². The monoisotopic (exact) mass is 285 g/mol. The van der Waals surface area contributed by atoms with Crippen LogP contribution in [0.2, 0.25) is 0 Å². The fourth-order valence-corrected chi connectivity index (χ4v) is 2.63. The van der Waals surface area contributed by atoms with Crippen LogP contribution in [0.25, 0.3) is 0 Å². The molecule has 0 heterocycles. The molecule has 20 heavy (non-hydrogen) atoms. The van der Waals surface area contributed by atoms with Gasteiger partial charge in [-0.15, -0.1) is 11.8 Å². The van der Waals surface area contributed by atoms with E-state index in [1.165, 1.54) is 0 Å². The molecule has 0 fully saturated rings. The van der Waals surface area contributed by atoms with Crippen molar-refractivity contribution in [2.24, 2.45) is 0 Å². The predicted molar refractivity (Wildman–Crippen MR) is 79.6 cm³/mol. The predicted octanol–water partition coefficient (Wildman–Crippen LogP) is 3.35. The molecule has 4 heteroatoms. The van der Waals surface area contributed by atoms with Gasteiger partial charge in [-0.3, -0.25) is 0 Å². The summed E-state index contributed by atoms with van der Waals surface area (Å²) in [6.07, 6.45) is 0. The molecule has 0 saturated heterocycles. The third kappa shape index (κ3) is 3.53. The highest BCUT2D eigenvalue weighted by Gasteiger charge is 2.04. The Morgan fingerprint density at radius 1 is 1.15 bits per heavy atom. The van der Waals surface area contributed by atoms with Gasteiger partial charge < -0.3 is 9.84 Å². The molecule has 0 aliphatic heterocycles. The minimum atomic E-state index is 0.0644. The van der Waals surface area contributed by atoms with Crippen LogP contribution in [0.5, 0.6) is 5.75 Å². The topological polar surface area (TPSA) is 53.2 Å². The lowest BCUT2D eigenvalue weighted by Crippen LogP contribution is -1.90. The summed E-state index contributed by atoms with van der Waals surface area (Å²) < 4.78 is 5.13. The molecule has 0 unspecified atom stereocenters. The molecule has 0 bridgehead atoms. The Labute approximate surface area is 122 Å². The quantitative estimate of drug-likeness (QED) is 0.856. The van der Waals surface area contributed by atoms with Crippen molar-refractivity contribution in [2.45, 2.75) is 17.3 Å². The smallest absolute Gasteiger partial charge is 0.136 e. The first-order valence-corrected chi connectivity index (χ1v) is 7.15. The number of rotatable bonds is 5. The van der Waals surface area contributed by atoms with E-state index in [9.17, 15) is 0 Å². The zero-order valence-corrected chi connectivity index (χ0v) is 12.0. The number of benzene rings is 2. The number of methoxy groups -OCH3 is 1. The molecule has 2 rings (SSSR count). The number of ether oxygens (including phenoxy) is 1. The van der Waals surface area contributed by atoms with Crippen LogP contribution >= 0.6 is 11.8 Å². The van der Waals surface area contributed by atoms with Gasteiger partial charge in [-0.2, -0.15) is 5.26 Å². The maximum Gasteiger partial charge on any atom is 0.136 e. The SMILES string of the molecule is COc1ccc(CSc2ccc(CO)cc2)cc1C#N. The third-order valence-corrected chi connectivity index (χ3v) is 3.98. The maximum absolute atomic E-state index is 9.06. The van der Waals surface area contributed by atoms with Crippen LogP contribution in [0.4, 0.5) is 0 Å². The highest BCUT2D eigenvalue weighted by atomic mass is 32.2. The van der Waals surface area contributed by atoms with Crippen molar-refractivity contribution in [1.82, 2.24) is 0 Å². The first kappa shape index (κ1) is 14.4. The Hall–Kier alpha value is -1.96. The van der Waals surface area contributed by atoms with Crippen molar-refractivity contribution >= 4 is 11.8 Å². The third-order valence-electron chi connectivity index (χ3n) is 2.90. The van der Waals surface area contributed by atoms with E-state index in [1.54, 1.807) is 18.9 Å². The molecule has 0 spiro atoms. The number of nitriles is 1. The van der Waals surface area contributed by atoms with Gasteiger partial charge in [0, 0.05) is 10.6 Å². The average Bonchev–Trinajstić information content (AvgIpc) is 2.53. The zero-order valence-electron chi connectivity index (χ0n) is 11.2. The summed E-state index contributed by atoms with van der Waals surface area (Å²) in [5.74, 6) is 1.39. The van der Waals surface area contributed by atoms with E-state index in [0.29, 0.717) is 11.3 Å². The summed E-state index contributed by atoms with van der Waals surface area (Å²) >= 11 is 1.69. The first-order chi connectivity index (χ1) is 9.76. The van der Waals surface area contributed by atoms with Crippen LogP contribution in [-0.2, 0) is 12.4 Å². The molecule has 0 aliphatic rings. The summed E-state index contributed by atoms with van der Waals surface area (Å²) in [4.78, 5) is 1.14. The summed E-state index contributed by atoms with van der Waals surface area (Å²) in [5, 5.41) is 18.1. The second-order valence-electron chi connectivity index (χ2n) is 4.24. The first-order valence-electron chi connectivity index (χ1n) is 6.16. The Morgan fingerprint density at radius 2 is 1.85 bits per heavy atom. The van der Waals surface area contributed by atoms with E-state index in [1.807, 2.05) is 42.5 Å². The van der Waals surface area contributed by atoms with Gasteiger partial charge in [0.2, 0.25) is 0 Å². The van der Waals surface area contributed by atoms with E-state index in [0.717, 1.165) is 21.8 Å². The second-order valence-corrected chi connectivity index (χ2v) is 5.29. The van der Waals surface area contributed by atoms with E-state index in [4.69, 9.17) is 15.1 Å². The van der Waals surface area contributed by atoms with E-state index in [2.05, 4.69) is 6.07 Å². The van der Waals surface area contributed by atoms with Crippen molar-refractivity contribution in [1.29, 1.82) is 5.26 Å². The lowest BCUT2D eigenvalue weighted by atomic mass is 10.1. The lowest BCUT2D eigenvalue weighted by molar-refractivity contribution is 0.282. The number of aliphatic hydroxyl groups is 1. The lowest BCUT2D eigenvalue weighted by Gasteiger charge is -2.06. The van der Waals surface area contributed by atoms with Crippen LogP contribution in [0, 0.1) is 11.3 Å². The molecule has 0 atom stereocenters. The van der Waals surface area contributed by atoms with Gasteiger partial charge in [-0.05, 0) is 35.4 Å². The number of hydrogen-bond donors (Lipinski definition) is 1. The van der Waals surface area contributed by atoms with Gasteiger partial charge in [0.25, 0.3) is 0 Å². The molecule has 0 saturated carbocycles. The number of thioether (sulfide) groups is 1. The molecule has 102 valence electrons. The molecular weight excluding hydrogens is 270 g/mol. The van der Waals surface area contributed by atoms with Crippen LogP contribution < -0.4 is 4.74 Å². The largest absolute Gasteiger partial charge is 0.495 e. The number of hydrogen-bond acceptors (Lipinski definition) is 4. The van der Waals surface area contributed by atoms with Crippen LogP contribution in [0.1, 0.15) is 16.7 Å². The van der Waals surface area contributed by atoms with Gasteiger partial charge in [0.15, 0.2) is 0 Å². The van der Waals surface area contributed by atoms with Crippen LogP contribution in [0.15, 0.2) is 47.4 Å². The summed E-state index contributed by atoms with van der Waals surface area (Å²) in [5.41, 5.74) is 2.55. The molecular formula is C16H15NO2S. The fourth-order valence-electron chi connectivity index (χ4n) is 1.79. The van der Waals surface area contributed by atoms with Crippen molar-refractivity contribution in [3.63, 3.8) is 0 Å².